The van der Waals surface area contributed by atoms with Crippen molar-refractivity contribution in [3.05, 3.63) is 47.8 Å². The molecule has 0 spiro atoms. The van der Waals surface area contributed by atoms with Crippen molar-refractivity contribution in [1.82, 2.24) is 15.1 Å². The summed E-state index contributed by atoms with van der Waals surface area (Å²) in [6.07, 6.45) is 5.02. The summed E-state index contributed by atoms with van der Waals surface area (Å²) in [7, 11) is 1.69. The van der Waals surface area contributed by atoms with Gasteiger partial charge in [0.2, 0.25) is 0 Å². The number of ether oxygens (including phenoxy) is 1. The first kappa shape index (κ1) is 13.6. The van der Waals surface area contributed by atoms with E-state index in [1.54, 1.807) is 7.11 Å². The number of benzene rings is 1. The molecule has 19 heavy (non-hydrogen) atoms. The van der Waals surface area contributed by atoms with Gasteiger partial charge in [-0.2, -0.15) is 5.10 Å². The fourth-order valence-electron chi connectivity index (χ4n) is 1.93. The van der Waals surface area contributed by atoms with Crippen LogP contribution in [0, 0.1) is 0 Å². The third-order valence-electron chi connectivity index (χ3n) is 3.09. The van der Waals surface area contributed by atoms with Gasteiger partial charge >= 0.3 is 0 Å². The van der Waals surface area contributed by atoms with Gasteiger partial charge in [0, 0.05) is 24.8 Å². The molecule has 1 N–H and O–H groups in total. The Bertz CT molecular complexity index is 490. The fourth-order valence-corrected chi connectivity index (χ4v) is 1.93. The first-order valence-electron chi connectivity index (χ1n) is 6.67. The van der Waals surface area contributed by atoms with Crippen LogP contribution in [-0.2, 0) is 19.5 Å². The molecular weight excluding hydrogens is 238 g/mol. The van der Waals surface area contributed by atoms with Crippen LogP contribution >= 0.6 is 0 Å². The van der Waals surface area contributed by atoms with Gasteiger partial charge in [-0.25, -0.2) is 0 Å². The molecule has 0 aliphatic carbocycles. The van der Waals surface area contributed by atoms with Gasteiger partial charge in [0.05, 0.1) is 13.3 Å². The van der Waals surface area contributed by atoms with E-state index in [0.29, 0.717) is 0 Å². The molecule has 0 unspecified atom stereocenters. The molecular formula is C15H21N3O. The molecule has 0 saturated heterocycles. The summed E-state index contributed by atoms with van der Waals surface area (Å²) < 4.78 is 7.09. The van der Waals surface area contributed by atoms with Crippen LogP contribution < -0.4 is 10.1 Å². The topological polar surface area (TPSA) is 39.1 Å². The molecule has 1 aromatic heterocycles. The Balaban J connectivity index is 1.71. The Labute approximate surface area is 114 Å². The molecule has 0 aliphatic rings. The number of hydrogen-bond donors (Lipinski definition) is 1. The van der Waals surface area contributed by atoms with E-state index >= 15 is 0 Å². The average Bonchev–Trinajstić information content (AvgIpc) is 2.92. The van der Waals surface area contributed by atoms with Crippen molar-refractivity contribution in [2.24, 2.45) is 0 Å². The highest BCUT2D eigenvalue weighted by molar-refractivity contribution is 5.27. The predicted octanol–water partition coefficient (Wildman–Crippen LogP) is 2.24. The zero-order valence-electron chi connectivity index (χ0n) is 11.6. The van der Waals surface area contributed by atoms with Crippen LogP contribution in [0.15, 0.2) is 36.7 Å². The lowest BCUT2D eigenvalue weighted by molar-refractivity contribution is 0.414. The minimum Gasteiger partial charge on any atom is -0.497 e. The Hall–Kier alpha value is -1.81. The summed E-state index contributed by atoms with van der Waals surface area (Å²) in [5.41, 5.74) is 2.55. The van der Waals surface area contributed by atoms with Crippen LogP contribution in [0.5, 0.6) is 5.75 Å². The van der Waals surface area contributed by atoms with Crippen LogP contribution in [0.2, 0.25) is 0 Å². The number of aryl methyl sites for hydroxylation is 1. The van der Waals surface area contributed by atoms with Crippen LogP contribution in [-0.4, -0.2) is 23.4 Å². The highest BCUT2D eigenvalue weighted by Crippen LogP contribution is 2.11. The lowest BCUT2D eigenvalue weighted by Crippen LogP contribution is -2.16. The molecule has 1 aromatic carbocycles. The van der Waals surface area contributed by atoms with Gasteiger partial charge in [-0.1, -0.05) is 12.1 Å². The van der Waals surface area contributed by atoms with Crippen molar-refractivity contribution < 1.29 is 4.74 Å². The zero-order valence-corrected chi connectivity index (χ0v) is 11.6. The minimum atomic E-state index is 0.871. The predicted molar refractivity (Wildman–Crippen MR) is 76.3 cm³/mol. The number of hydrogen-bond acceptors (Lipinski definition) is 3. The Morgan fingerprint density at radius 3 is 2.63 bits per heavy atom. The maximum absolute atomic E-state index is 5.14. The molecule has 0 fully saturated rings. The first-order valence-corrected chi connectivity index (χ1v) is 6.67. The molecule has 4 heteroatoms. The molecule has 1 heterocycles. The van der Waals surface area contributed by atoms with Gasteiger partial charge in [-0.3, -0.25) is 4.68 Å². The maximum atomic E-state index is 5.14. The van der Waals surface area contributed by atoms with Crippen molar-refractivity contribution in [3.8, 4) is 5.75 Å². The standard InChI is InChI=1S/C15H21N3O/c1-3-18-12-14(11-17-18)10-16-9-8-13-4-6-15(19-2)7-5-13/h4-7,11-12,16H,3,8-10H2,1-2H3. The smallest absolute Gasteiger partial charge is 0.118 e. The van der Waals surface area contributed by atoms with Gasteiger partial charge in [0.1, 0.15) is 5.75 Å². The average molecular weight is 259 g/mol. The van der Waals surface area contributed by atoms with Crippen molar-refractivity contribution in [1.29, 1.82) is 0 Å². The molecule has 2 rings (SSSR count). The van der Waals surface area contributed by atoms with E-state index < -0.39 is 0 Å². The van der Waals surface area contributed by atoms with Crippen LogP contribution in [0.25, 0.3) is 0 Å². The van der Waals surface area contributed by atoms with E-state index in [2.05, 4.69) is 35.7 Å². The molecule has 2 aromatic rings. The number of nitrogens with one attached hydrogen (secondary N) is 1. The second kappa shape index (κ2) is 6.95. The monoisotopic (exact) mass is 259 g/mol. The number of methoxy groups -OCH3 is 1. The van der Waals surface area contributed by atoms with Crippen molar-refractivity contribution in [3.63, 3.8) is 0 Å². The summed E-state index contributed by atoms with van der Waals surface area (Å²) in [6.45, 7) is 4.85. The van der Waals surface area contributed by atoms with Gasteiger partial charge in [0.25, 0.3) is 0 Å². The highest BCUT2D eigenvalue weighted by atomic mass is 16.5. The lowest BCUT2D eigenvalue weighted by Gasteiger charge is -2.05. The summed E-state index contributed by atoms with van der Waals surface area (Å²) in [6, 6.07) is 8.21. The molecule has 0 bridgehead atoms. The van der Waals surface area contributed by atoms with Crippen LogP contribution in [0.3, 0.4) is 0 Å². The van der Waals surface area contributed by atoms with Gasteiger partial charge < -0.3 is 10.1 Å². The van der Waals surface area contributed by atoms with Crippen molar-refractivity contribution >= 4 is 0 Å². The molecule has 0 aliphatic heterocycles. The highest BCUT2D eigenvalue weighted by Gasteiger charge is 1.98. The second-order valence-electron chi connectivity index (χ2n) is 4.48. The van der Waals surface area contributed by atoms with E-state index in [1.165, 1.54) is 11.1 Å². The van der Waals surface area contributed by atoms with Gasteiger partial charge in [-0.15, -0.1) is 0 Å². The molecule has 0 amide bonds. The third-order valence-corrected chi connectivity index (χ3v) is 3.09. The summed E-state index contributed by atoms with van der Waals surface area (Å²) in [4.78, 5) is 0. The molecule has 0 saturated carbocycles. The maximum Gasteiger partial charge on any atom is 0.118 e. The molecule has 4 nitrogen and oxygen atoms in total. The second-order valence-corrected chi connectivity index (χ2v) is 4.48. The van der Waals surface area contributed by atoms with Gasteiger partial charge in [-0.05, 0) is 37.6 Å². The quantitative estimate of drug-likeness (QED) is 0.775. The Morgan fingerprint density at radius 1 is 1.21 bits per heavy atom. The molecule has 102 valence electrons. The SMILES string of the molecule is CCn1cc(CNCCc2ccc(OC)cc2)cn1. The number of nitrogens with zero attached hydrogens (tertiary/aromatic N) is 2. The lowest BCUT2D eigenvalue weighted by atomic mass is 10.1. The fraction of sp³-hybridized carbons (Fsp3) is 0.400. The van der Waals surface area contributed by atoms with E-state index in [1.807, 2.05) is 23.0 Å². The van der Waals surface area contributed by atoms with Crippen molar-refractivity contribution in [2.45, 2.75) is 26.4 Å². The largest absolute Gasteiger partial charge is 0.497 e. The minimum absolute atomic E-state index is 0.871. The molecule has 0 radical (unpaired) electrons. The first-order chi connectivity index (χ1) is 9.31. The molecule has 0 atom stereocenters. The van der Waals surface area contributed by atoms with E-state index in [4.69, 9.17) is 4.74 Å². The normalized spacial score (nSPS) is 10.6. The van der Waals surface area contributed by atoms with Crippen LogP contribution in [0.4, 0.5) is 0 Å². The third kappa shape index (κ3) is 4.10. The Kier molecular flexibility index (Phi) is 4.98. The van der Waals surface area contributed by atoms with E-state index in [0.717, 1.165) is 31.8 Å². The van der Waals surface area contributed by atoms with Crippen LogP contribution in [0.1, 0.15) is 18.1 Å². The van der Waals surface area contributed by atoms with E-state index in [9.17, 15) is 0 Å². The number of rotatable bonds is 7. The van der Waals surface area contributed by atoms with E-state index in [-0.39, 0.29) is 0 Å². The summed E-state index contributed by atoms with van der Waals surface area (Å²) >= 11 is 0. The summed E-state index contributed by atoms with van der Waals surface area (Å²) in [5, 5.41) is 7.69. The Morgan fingerprint density at radius 2 is 2.00 bits per heavy atom. The zero-order chi connectivity index (χ0) is 13.5. The van der Waals surface area contributed by atoms with Gasteiger partial charge in [0.15, 0.2) is 0 Å². The summed E-state index contributed by atoms with van der Waals surface area (Å²) in [5.74, 6) is 0.906. The van der Waals surface area contributed by atoms with Crippen molar-refractivity contribution in [2.75, 3.05) is 13.7 Å². The number of aromatic nitrogens is 2.